The van der Waals surface area contributed by atoms with Crippen molar-refractivity contribution in [1.82, 2.24) is 5.32 Å². The lowest BCUT2D eigenvalue weighted by Gasteiger charge is -2.29. The minimum atomic E-state index is -0.622. The highest BCUT2D eigenvalue weighted by molar-refractivity contribution is 6.30. The van der Waals surface area contributed by atoms with Gasteiger partial charge in [0.05, 0.1) is 11.3 Å². The third-order valence-electron chi connectivity index (χ3n) is 5.58. The molecular formula is C22H24ClFN2O2. The van der Waals surface area contributed by atoms with Gasteiger partial charge in [-0.1, -0.05) is 48.7 Å². The van der Waals surface area contributed by atoms with Gasteiger partial charge in [-0.25, -0.2) is 4.39 Å². The minimum absolute atomic E-state index is 0.0994. The van der Waals surface area contributed by atoms with Gasteiger partial charge in [0.15, 0.2) is 0 Å². The molecule has 3 N–H and O–H groups in total. The molecule has 148 valence electrons. The number of primary amides is 1. The molecule has 1 atom stereocenters. The molecule has 0 saturated heterocycles. The van der Waals surface area contributed by atoms with E-state index in [0.717, 1.165) is 36.8 Å². The molecule has 6 heteroatoms. The van der Waals surface area contributed by atoms with E-state index in [1.807, 2.05) is 18.2 Å². The standard InChI is InChI=1S/C22H24ClFN2O2/c23-18-5-3-4-17(13-18)22(10-1-2-11-22)21(28)26-14-16(20(25)27)12-15-6-8-19(24)9-7-15/h3-9,13,16H,1-2,10-12,14H2,(H2,25,27)(H,26,28)/t16-/m1/s1. The fraction of sp³-hybridized carbons (Fsp3) is 0.364. The molecule has 2 aromatic rings. The maximum Gasteiger partial charge on any atom is 0.230 e. The number of carbonyl (C=O) groups excluding carboxylic acids is 2. The Morgan fingerprint density at radius 3 is 2.43 bits per heavy atom. The summed E-state index contributed by atoms with van der Waals surface area (Å²) in [5.74, 6) is -1.49. The topological polar surface area (TPSA) is 72.2 Å². The maximum atomic E-state index is 13.1. The van der Waals surface area contributed by atoms with E-state index in [9.17, 15) is 14.0 Å². The summed E-state index contributed by atoms with van der Waals surface area (Å²) >= 11 is 6.14. The molecule has 2 aromatic carbocycles. The van der Waals surface area contributed by atoms with E-state index in [1.165, 1.54) is 12.1 Å². The zero-order valence-corrected chi connectivity index (χ0v) is 16.3. The Kier molecular flexibility index (Phi) is 6.35. The fourth-order valence-corrected chi connectivity index (χ4v) is 4.17. The highest BCUT2D eigenvalue weighted by Gasteiger charge is 2.42. The number of hydrogen-bond acceptors (Lipinski definition) is 2. The molecule has 0 unspecified atom stereocenters. The molecule has 0 aliphatic heterocycles. The zero-order valence-electron chi connectivity index (χ0n) is 15.6. The second-order valence-electron chi connectivity index (χ2n) is 7.44. The van der Waals surface area contributed by atoms with Crippen LogP contribution in [0.4, 0.5) is 4.39 Å². The second-order valence-corrected chi connectivity index (χ2v) is 7.88. The third-order valence-corrected chi connectivity index (χ3v) is 5.81. The lowest BCUT2D eigenvalue weighted by molar-refractivity contribution is -0.127. The predicted octanol–water partition coefficient (Wildman–Crippen LogP) is 3.75. The van der Waals surface area contributed by atoms with Crippen molar-refractivity contribution >= 4 is 23.4 Å². The average Bonchev–Trinajstić information content (AvgIpc) is 3.17. The minimum Gasteiger partial charge on any atom is -0.369 e. The van der Waals surface area contributed by atoms with Crippen LogP contribution in [-0.4, -0.2) is 18.4 Å². The highest BCUT2D eigenvalue weighted by Crippen LogP contribution is 2.42. The van der Waals surface area contributed by atoms with E-state index in [0.29, 0.717) is 11.4 Å². The third kappa shape index (κ3) is 4.53. The molecule has 1 aliphatic rings. The Hall–Kier alpha value is -2.40. The van der Waals surface area contributed by atoms with Crippen LogP contribution in [0.2, 0.25) is 5.02 Å². The first kappa shape index (κ1) is 20.3. The number of amides is 2. The molecule has 2 amide bonds. The first-order valence-electron chi connectivity index (χ1n) is 9.49. The molecule has 4 nitrogen and oxygen atoms in total. The zero-order chi connectivity index (χ0) is 20.1. The number of halogens is 2. The molecule has 0 radical (unpaired) electrons. The van der Waals surface area contributed by atoms with E-state index in [2.05, 4.69) is 5.32 Å². The van der Waals surface area contributed by atoms with Gasteiger partial charge < -0.3 is 11.1 Å². The predicted molar refractivity (Wildman–Crippen MR) is 107 cm³/mol. The average molecular weight is 403 g/mol. The van der Waals surface area contributed by atoms with Gasteiger partial charge in [0.1, 0.15) is 5.82 Å². The van der Waals surface area contributed by atoms with Crippen LogP contribution in [0.5, 0.6) is 0 Å². The van der Waals surface area contributed by atoms with Crippen LogP contribution in [0.15, 0.2) is 48.5 Å². The van der Waals surface area contributed by atoms with Crippen LogP contribution in [0, 0.1) is 11.7 Å². The van der Waals surface area contributed by atoms with Gasteiger partial charge in [0, 0.05) is 11.6 Å². The van der Waals surface area contributed by atoms with Gasteiger partial charge in [-0.05, 0) is 54.7 Å². The fourth-order valence-electron chi connectivity index (χ4n) is 3.97. The Labute approximate surface area is 169 Å². The number of benzene rings is 2. The van der Waals surface area contributed by atoms with E-state index < -0.39 is 17.2 Å². The van der Waals surface area contributed by atoms with Crippen LogP contribution in [-0.2, 0) is 21.4 Å². The molecule has 3 rings (SSSR count). The van der Waals surface area contributed by atoms with Crippen molar-refractivity contribution in [3.05, 3.63) is 70.5 Å². The van der Waals surface area contributed by atoms with Crippen LogP contribution < -0.4 is 11.1 Å². The Balaban J connectivity index is 1.72. The van der Waals surface area contributed by atoms with Gasteiger partial charge in [-0.3, -0.25) is 9.59 Å². The SMILES string of the molecule is NC(=O)[C@@H](CNC(=O)C1(c2cccc(Cl)c2)CCCC1)Cc1ccc(F)cc1. The van der Waals surface area contributed by atoms with Crippen LogP contribution in [0.25, 0.3) is 0 Å². The van der Waals surface area contributed by atoms with Crippen LogP contribution in [0.1, 0.15) is 36.8 Å². The Bertz CT molecular complexity index is 848. The van der Waals surface area contributed by atoms with Gasteiger partial charge >= 0.3 is 0 Å². The molecule has 28 heavy (non-hydrogen) atoms. The van der Waals surface area contributed by atoms with Gasteiger partial charge in [0.25, 0.3) is 0 Å². The molecule has 0 aromatic heterocycles. The van der Waals surface area contributed by atoms with E-state index in [1.54, 1.807) is 18.2 Å². The second kappa shape index (κ2) is 8.74. The van der Waals surface area contributed by atoms with Crippen molar-refractivity contribution in [2.45, 2.75) is 37.5 Å². The number of nitrogens with two attached hydrogens (primary N) is 1. The van der Waals surface area contributed by atoms with Crippen molar-refractivity contribution in [1.29, 1.82) is 0 Å². The molecular weight excluding hydrogens is 379 g/mol. The first-order valence-corrected chi connectivity index (χ1v) is 9.86. The lowest BCUT2D eigenvalue weighted by Crippen LogP contribution is -2.46. The lowest BCUT2D eigenvalue weighted by atomic mass is 9.78. The summed E-state index contributed by atoms with van der Waals surface area (Å²) in [5, 5.41) is 3.54. The molecule has 1 aliphatic carbocycles. The number of hydrogen-bond donors (Lipinski definition) is 2. The van der Waals surface area contributed by atoms with Crippen molar-refractivity contribution in [3.63, 3.8) is 0 Å². The van der Waals surface area contributed by atoms with Crippen molar-refractivity contribution < 1.29 is 14.0 Å². The Morgan fingerprint density at radius 2 is 1.82 bits per heavy atom. The van der Waals surface area contributed by atoms with Gasteiger partial charge in [0.2, 0.25) is 11.8 Å². The molecule has 0 bridgehead atoms. The summed E-state index contributed by atoms with van der Waals surface area (Å²) in [5.41, 5.74) is 6.62. The summed E-state index contributed by atoms with van der Waals surface area (Å²) < 4.78 is 13.1. The number of carbonyl (C=O) groups is 2. The monoisotopic (exact) mass is 402 g/mol. The first-order chi connectivity index (χ1) is 13.4. The smallest absolute Gasteiger partial charge is 0.230 e. The van der Waals surface area contributed by atoms with Crippen molar-refractivity contribution in [2.75, 3.05) is 6.54 Å². The number of rotatable bonds is 7. The molecule has 1 saturated carbocycles. The van der Waals surface area contributed by atoms with E-state index in [-0.39, 0.29) is 18.3 Å². The Morgan fingerprint density at radius 1 is 1.14 bits per heavy atom. The molecule has 0 heterocycles. The summed E-state index contributed by atoms with van der Waals surface area (Å²) in [6, 6.07) is 13.4. The summed E-state index contributed by atoms with van der Waals surface area (Å²) in [6.07, 6.45) is 3.78. The summed E-state index contributed by atoms with van der Waals surface area (Å²) in [7, 11) is 0. The van der Waals surface area contributed by atoms with Gasteiger partial charge in [-0.15, -0.1) is 0 Å². The van der Waals surface area contributed by atoms with Gasteiger partial charge in [-0.2, -0.15) is 0 Å². The summed E-state index contributed by atoms with van der Waals surface area (Å²) in [4.78, 5) is 25.0. The quantitative estimate of drug-likeness (QED) is 0.740. The van der Waals surface area contributed by atoms with Crippen molar-refractivity contribution in [3.8, 4) is 0 Å². The van der Waals surface area contributed by atoms with Crippen LogP contribution in [0.3, 0.4) is 0 Å². The summed E-state index contributed by atoms with van der Waals surface area (Å²) in [6.45, 7) is 0.147. The maximum absolute atomic E-state index is 13.1. The number of nitrogens with one attached hydrogen (secondary N) is 1. The molecule has 1 fully saturated rings. The molecule has 0 spiro atoms. The largest absolute Gasteiger partial charge is 0.369 e. The van der Waals surface area contributed by atoms with Crippen LogP contribution >= 0.6 is 11.6 Å². The van der Waals surface area contributed by atoms with Crippen molar-refractivity contribution in [2.24, 2.45) is 11.7 Å². The van der Waals surface area contributed by atoms with E-state index >= 15 is 0 Å². The highest BCUT2D eigenvalue weighted by atomic mass is 35.5. The normalized spacial score (nSPS) is 16.5. The van der Waals surface area contributed by atoms with E-state index in [4.69, 9.17) is 17.3 Å².